The number of nitrogens with one attached hydrogen (secondary N) is 5. The van der Waals surface area contributed by atoms with Crippen molar-refractivity contribution in [2.75, 3.05) is 39.4 Å². The van der Waals surface area contributed by atoms with Gasteiger partial charge in [-0.1, -0.05) is 6.07 Å². The molecule has 0 spiro atoms. The fourth-order valence-corrected chi connectivity index (χ4v) is 7.52. The Labute approximate surface area is 401 Å². The van der Waals surface area contributed by atoms with E-state index in [9.17, 15) is 58.7 Å². The van der Waals surface area contributed by atoms with Gasteiger partial charge in [-0.25, -0.2) is 32.7 Å². The molecule has 0 atom stereocenters. The van der Waals surface area contributed by atoms with Crippen LogP contribution in [0.2, 0.25) is 0 Å². The summed E-state index contributed by atoms with van der Waals surface area (Å²) in [6, 6.07) is 14.6. The van der Waals surface area contributed by atoms with Gasteiger partial charge in [0.1, 0.15) is 29.1 Å². The third-order valence-electron chi connectivity index (χ3n) is 11.2. The number of nitrogens with zero attached hydrogens (tertiary/aromatic N) is 4. The van der Waals surface area contributed by atoms with E-state index in [4.69, 9.17) is 5.73 Å². The molecule has 7 N–H and O–H groups in total. The van der Waals surface area contributed by atoms with Crippen LogP contribution in [0.4, 0.5) is 83.5 Å². The standard InChI is InChI=1S/C25H20F5N5O2.C24H19F4N5O2/c1-12-6-18(27)20(34-24(37)33-19-8-14(25(28,29)30)4-5-17(19)26)9-15(12)16-7-13-11-32-22(31-2)10-21(13)35(3)23(16)36;1-12-6-18(25)19(32-23(35)31-15-5-3-4-14(8-15)24(26,27)28)9-16(12)17-7-13-11-30-21(29)10-20(13)33(2)22(17)34/h4-11H,1-3H3,(H,31,32)(H2,33,34,37);3-11H,1-2H3,(H2,29,30)(H2,31,32,35). The minimum atomic E-state index is -4.76. The van der Waals surface area contributed by atoms with E-state index >= 15 is 0 Å². The number of halogens is 9. The molecule has 8 aromatic rings. The van der Waals surface area contributed by atoms with Crippen LogP contribution in [-0.2, 0) is 26.4 Å². The first-order chi connectivity index (χ1) is 33.8. The molecule has 4 aromatic carbocycles. The minimum absolute atomic E-state index is 0.125. The average molecular weight is 1000 g/mol. The summed E-state index contributed by atoms with van der Waals surface area (Å²) in [5.74, 6) is -1.95. The molecular formula is C49H39F9N10O4. The molecule has 0 aliphatic rings. The average Bonchev–Trinajstić information content (AvgIpc) is 3.31. The molecule has 0 aliphatic carbocycles. The summed E-state index contributed by atoms with van der Waals surface area (Å²) in [5, 5.41) is 12.8. The smallest absolute Gasteiger partial charge is 0.384 e. The highest BCUT2D eigenvalue weighted by atomic mass is 19.4. The Hall–Kier alpha value is -8.89. The molecule has 23 heteroatoms. The number of benzene rings is 4. The van der Waals surface area contributed by atoms with Gasteiger partial charge in [0.25, 0.3) is 11.1 Å². The number of nitrogen functional groups attached to an aromatic ring is 1. The van der Waals surface area contributed by atoms with Crippen LogP contribution >= 0.6 is 0 Å². The summed E-state index contributed by atoms with van der Waals surface area (Å²) >= 11 is 0. The Balaban J connectivity index is 0.000000212. The van der Waals surface area contributed by atoms with E-state index in [0.29, 0.717) is 68.1 Å². The van der Waals surface area contributed by atoms with Crippen LogP contribution in [0.5, 0.6) is 0 Å². The molecule has 8 rings (SSSR count). The van der Waals surface area contributed by atoms with Gasteiger partial charge in [0.05, 0.1) is 39.2 Å². The highest BCUT2D eigenvalue weighted by Crippen LogP contribution is 2.35. The number of amides is 4. The predicted octanol–water partition coefficient (Wildman–Crippen LogP) is 11.2. The Morgan fingerprint density at radius 2 is 1.03 bits per heavy atom. The quantitative estimate of drug-likeness (QED) is 0.0850. The second-order valence-corrected chi connectivity index (χ2v) is 16.1. The number of urea groups is 2. The second-order valence-electron chi connectivity index (χ2n) is 16.1. The van der Waals surface area contributed by atoms with E-state index < -0.39 is 64.2 Å². The third kappa shape index (κ3) is 10.9. The second kappa shape index (κ2) is 19.8. The maximum Gasteiger partial charge on any atom is 0.416 e. The van der Waals surface area contributed by atoms with Crippen molar-refractivity contribution in [3.05, 3.63) is 164 Å². The molecule has 72 heavy (non-hydrogen) atoms. The number of aryl methyl sites for hydroxylation is 4. The topological polar surface area (TPSA) is 190 Å². The first kappa shape index (κ1) is 51.0. The minimum Gasteiger partial charge on any atom is -0.384 e. The van der Waals surface area contributed by atoms with Crippen molar-refractivity contribution in [3.8, 4) is 22.3 Å². The molecule has 0 bridgehead atoms. The molecule has 0 radical (unpaired) electrons. The molecule has 4 aromatic heterocycles. The number of carbonyl (C=O) groups is 2. The Kier molecular flexibility index (Phi) is 14.0. The van der Waals surface area contributed by atoms with Gasteiger partial charge in [0, 0.05) is 73.3 Å². The third-order valence-corrected chi connectivity index (χ3v) is 11.2. The van der Waals surface area contributed by atoms with Crippen molar-refractivity contribution in [2.45, 2.75) is 26.2 Å². The Morgan fingerprint density at radius 3 is 1.54 bits per heavy atom. The van der Waals surface area contributed by atoms with E-state index in [-0.39, 0.29) is 39.6 Å². The summed E-state index contributed by atoms with van der Waals surface area (Å²) in [5.41, 5.74) is 4.46. The molecule has 0 saturated carbocycles. The zero-order valence-electron chi connectivity index (χ0n) is 38.2. The fraction of sp³-hybridized carbons (Fsp3) is 0.143. The highest BCUT2D eigenvalue weighted by molar-refractivity contribution is 6.01. The molecule has 372 valence electrons. The summed E-state index contributed by atoms with van der Waals surface area (Å²) in [4.78, 5) is 59.3. The van der Waals surface area contributed by atoms with E-state index in [1.54, 1.807) is 65.5 Å². The number of fused-ring (bicyclic) bond motifs is 2. The summed E-state index contributed by atoms with van der Waals surface area (Å²) in [6.45, 7) is 3.18. The van der Waals surface area contributed by atoms with E-state index in [1.807, 2.05) is 5.32 Å². The molecule has 0 unspecified atom stereocenters. The number of nitrogens with two attached hydrogens (primary N) is 1. The maximum atomic E-state index is 14.7. The van der Waals surface area contributed by atoms with Crippen molar-refractivity contribution in [2.24, 2.45) is 14.1 Å². The van der Waals surface area contributed by atoms with E-state index in [1.165, 1.54) is 33.5 Å². The van der Waals surface area contributed by atoms with Gasteiger partial charge in [-0.3, -0.25) is 9.59 Å². The lowest BCUT2D eigenvalue weighted by molar-refractivity contribution is -0.138. The van der Waals surface area contributed by atoms with Gasteiger partial charge in [0.15, 0.2) is 0 Å². The van der Waals surface area contributed by atoms with Gasteiger partial charge in [-0.15, -0.1) is 0 Å². The normalized spacial score (nSPS) is 11.5. The molecule has 4 heterocycles. The lowest BCUT2D eigenvalue weighted by Gasteiger charge is -2.15. The fourth-order valence-electron chi connectivity index (χ4n) is 7.52. The van der Waals surface area contributed by atoms with Crippen LogP contribution < -0.4 is 43.4 Å². The zero-order valence-corrected chi connectivity index (χ0v) is 38.2. The first-order valence-electron chi connectivity index (χ1n) is 21.1. The molecule has 0 aliphatic heterocycles. The van der Waals surface area contributed by atoms with Crippen molar-refractivity contribution in [3.63, 3.8) is 0 Å². The number of carbonyl (C=O) groups excluding carboxylic acids is 2. The van der Waals surface area contributed by atoms with Crippen molar-refractivity contribution in [1.29, 1.82) is 0 Å². The van der Waals surface area contributed by atoms with Crippen LogP contribution in [-0.4, -0.2) is 38.2 Å². The summed E-state index contributed by atoms with van der Waals surface area (Å²) in [7, 11) is 4.82. The number of hydrogen-bond acceptors (Lipinski definition) is 8. The number of rotatable bonds is 7. The van der Waals surface area contributed by atoms with Crippen LogP contribution in [0.3, 0.4) is 0 Å². The molecular weight excluding hydrogens is 964 g/mol. The number of anilines is 6. The van der Waals surface area contributed by atoms with Gasteiger partial charge >= 0.3 is 24.4 Å². The lowest BCUT2D eigenvalue weighted by atomic mass is 9.99. The van der Waals surface area contributed by atoms with Crippen LogP contribution in [0.25, 0.3) is 44.1 Å². The number of pyridine rings is 4. The molecule has 0 fully saturated rings. The zero-order chi connectivity index (χ0) is 52.6. The van der Waals surface area contributed by atoms with Crippen molar-refractivity contribution < 1.29 is 49.1 Å². The van der Waals surface area contributed by atoms with Crippen LogP contribution in [0, 0.1) is 31.3 Å². The van der Waals surface area contributed by atoms with Crippen molar-refractivity contribution in [1.82, 2.24) is 19.1 Å². The monoisotopic (exact) mass is 1000 g/mol. The highest BCUT2D eigenvalue weighted by Gasteiger charge is 2.32. The van der Waals surface area contributed by atoms with E-state index in [2.05, 4.69) is 31.2 Å². The lowest BCUT2D eigenvalue weighted by Crippen LogP contribution is -2.22. The van der Waals surface area contributed by atoms with Gasteiger partial charge < -0.3 is 41.5 Å². The molecule has 4 amide bonds. The number of aromatic nitrogens is 4. The van der Waals surface area contributed by atoms with Gasteiger partial charge in [0.2, 0.25) is 0 Å². The summed E-state index contributed by atoms with van der Waals surface area (Å²) < 4.78 is 124. The molecule has 0 saturated heterocycles. The largest absolute Gasteiger partial charge is 0.416 e. The molecule has 14 nitrogen and oxygen atoms in total. The number of alkyl halides is 6. The Morgan fingerprint density at radius 1 is 0.556 bits per heavy atom. The maximum absolute atomic E-state index is 14.7. The van der Waals surface area contributed by atoms with Crippen LogP contribution in [0.1, 0.15) is 22.3 Å². The summed E-state index contributed by atoms with van der Waals surface area (Å²) in [6.07, 6.45) is -6.26. The first-order valence-corrected chi connectivity index (χ1v) is 21.1. The SMILES string of the molecule is CNc1cc2c(cn1)cc(-c1cc(NC(=O)Nc3cc(C(F)(F)F)ccc3F)c(F)cc1C)c(=O)n2C.Cc1cc(F)c(NC(=O)Nc2cccc(C(F)(F)F)c2)cc1-c1cc2cnc(N)cc2n(C)c1=O. The predicted molar refractivity (Wildman–Crippen MR) is 256 cm³/mol. The Bertz CT molecular complexity index is 3600. The van der Waals surface area contributed by atoms with Gasteiger partial charge in [-0.05, 0) is 109 Å². The number of hydrogen-bond donors (Lipinski definition) is 6. The van der Waals surface area contributed by atoms with E-state index in [0.717, 1.165) is 30.3 Å². The van der Waals surface area contributed by atoms with Crippen LogP contribution in [0.15, 0.2) is 113 Å². The van der Waals surface area contributed by atoms with Gasteiger partial charge in [-0.2, -0.15) is 26.3 Å². The van der Waals surface area contributed by atoms with Crippen molar-refractivity contribution >= 4 is 68.3 Å².